The smallest absolute Gasteiger partial charge is 0.182 e. The lowest BCUT2D eigenvalue weighted by molar-refractivity contribution is 0.268. The molecule has 0 amide bonds. The number of aromatic nitrogens is 4. The number of hydrogen-bond acceptors (Lipinski definition) is 3. The fourth-order valence-electron chi connectivity index (χ4n) is 3.45. The molecule has 0 saturated heterocycles. The molecule has 24 heavy (non-hydrogen) atoms. The van der Waals surface area contributed by atoms with Gasteiger partial charge in [0.05, 0.1) is 16.7 Å². The van der Waals surface area contributed by atoms with Crippen molar-refractivity contribution in [1.29, 1.82) is 0 Å². The van der Waals surface area contributed by atoms with E-state index in [0.717, 1.165) is 47.5 Å². The predicted octanol–water partition coefficient (Wildman–Crippen LogP) is 5.00. The van der Waals surface area contributed by atoms with Crippen LogP contribution in [0.5, 0.6) is 0 Å². The minimum atomic E-state index is -0.784. The Hall–Kier alpha value is -2.04. The van der Waals surface area contributed by atoms with Crippen molar-refractivity contribution in [2.24, 2.45) is 0 Å². The highest BCUT2D eigenvalue weighted by Gasteiger charge is 2.23. The zero-order chi connectivity index (χ0) is 17.1. The molecule has 2 unspecified atom stereocenters. The maximum absolute atomic E-state index is 14.3. The summed E-state index contributed by atoms with van der Waals surface area (Å²) < 4.78 is 16.4. The quantitative estimate of drug-likeness (QED) is 0.613. The van der Waals surface area contributed by atoms with Crippen LogP contribution in [0.15, 0.2) is 24.3 Å². The minimum Gasteiger partial charge on any atom is -0.276 e. The third-order valence-corrected chi connectivity index (χ3v) is 4.57. The van der Waals surface area contributed by atoms with E-state index in [4.69, 9.17) is 0 Å². The highest BCUT2D eigenvalue weighted by atomic mass is 19.1. The van der Waals surface area contributed by atoms with E-state index in [1.807, 2.05) is 38.1 Å². The van der Waals surface area contributed by atoms with Crippen LogP contribution in [-0.2, 0) is 0 Å². The molecule has 3 rings (SSSR count). The molecule has 0 aliphatic carbocycles. The van der Waals surface area contributed by atoms with Crippen LogP contribution < -0.4 is 0 Å². The fourth-order valence-corrected chi connectivity index (χ4v) is 3.45. The second-order valence-corrected chi connectivity index (χ2v) is 6.51. The van der Waals surface area contributed by atoms with Gasteiger partial charge in [0.15, 0.2) is 5.65 Å². The van der Waals surface area contributed by atoms with Gasteiger partial charge in [-0.3, -0.25) is 4.40 Å². The molecule has 0 spiro atoms. The summed E-state index contributed by atoms with van der Waals surface area (Å²) >= 11 is 0. The first-order valence-electron chi connectivity index (χ1n) is 8.90. The molecule has 3 aromatic rings. The zero-order valence-electron chi connectivity index (χ0n) is 14.7. The van der Waals surface area contributed by atoms with Crippen LogP contribution in [0.3, 0.4) is 0 Å². The van der Waals surface area contributed by atoms with E-state index < -0.39 is 6.17 Å². The number of nitrogens with zero attached hydrogens (tertiary/aromatic N) is 4. The molecule has 2 aromatic heterocycles. The third-order valence-electron chi connectivity index (χ3n) is 4.57. The third kappa shape index (κ3) is 3.12. The number of halogens is 1. The molecule has 2 atom stereocenters. The lowest BCUT2D eigenvalue weighted by atomic mass is 9.94. The average molecular weight is 328 g/mol. The summed E-state index contributed by atoms with van der Waals surface area (Å²) in [6.45, 7) is 6.11. The predicted molar refractivity (Wildman–Crippen MR) is 95.1 cm³/mol. The van der Waals surface area contributed by atoms with E-state index in [0.29, 0.717) is 12.8 Å². The maximum atomic E-state index is 14.3. The van der Waals surface area contributed by atoms with Gasteiger partial charge in [-0.1, -0.05) is 38.8 Å². The fraction of sp³-hybridized carbons (Fsp3) is 0.526. The van der Waals surface area contributed by atoms with Gasteiger partial charge in [-0.05, 0) is 38.3 Å². The van der Waals surface area contributed by atoms with E-state index >= 15 is 0 Å². The Bertz CT molecular complexity index is 827. The normalized spacial score (nSPS) is 14.3. The second-order valence-electron chi connectivity index (χ2n) is 6.51. The van der Waals surface area contributed by atoms with Crippen LogP contribution >= 0.6 is 0 Å². The molecule has 0 aliphatic rings. The first kappa shape index (κ1) is 16.8. The van der Waals surface area contributed by atoms with E-state index in [1.165, 1.54) is 0 Å². The molecule has 4 nitrogen and oxygen atoms in total. The van der Waals surface area contributed by atoms with Gasteiger partial charge in [-0.15, -0.1) is 10.2 Å². The summed E-state index contributed by atoms with van der Waals surface area (Å²) in [5, 5.41) is 8.80. The van der Waals surface area contributed by atoms with Crippen molar-refractivity contribution >= 4 is 16.7 Å². The number of para-hydroxylation sites is 2. The number of benzene rings is 1. The van der Waals surface area contributed by atoms with Crippen LogP contribution in [0.25, 0.3) is 16.7 Å². The molecule has 1 aromatic carbocycles. The van der Waals surface area contributed by atoms with Crippen molar-refractivity contribution in [3.8, 4) is 0 Å². The number of aryl methyl sites for hydroxylation is 1. The van der Waals surface area contributed by atoms with Crippen LogP contribution in [0.4, 0.5) is 4.39 Å². The Morgan fingerprint density at radius 2 is 1.83 bits per heavy atom. The van der Waals surface area contributed by atoms with E-state index in [-0.39, 0.29) is 5.92 Å². The molecule has 5 heteroatoms. The molecule has 0 saturated carbocycles. The summed E-state index contributed by atoms with van der Waals surface area (Å²) in [5.41, 5.74) is 3.54. The number of fused-ring (bicyclic) bond motifs is 3. The zero-order valence-corrected chi connectivity index (χ0v) is 14.7. The Morgan fingerprint density at radius 3 is 2.58 bits per heavy atom. The van der Waals surface area contributed by atoms with Gasteiger partial charge in [-0.2, -0.15) is 0 Å². The lowest BCUT2D eigenvalue weighted by Crippen LogP contribution is -2.12. The van der Waals surface area contributed by atoms with Crippen molar-refractivity contribution in [3.05, 3.63) is 35.8 Å². The monoisotopic (exact) mass is 328 g/mol. The van der Waals surface area contributed by atoms with Gasteiger partial charge in [0, 0.05) is 5.92 Å². The van der Waals surface area contributed by atoms with Crippen LogP contribution in [0.2, 0.25) is 0 Å². The first-order chi connectivity index (χ1) is 11.7. The first-order valence-corrected chi connectivity index (χ1v) is 8.90. The molecule has 0 fully saturated rings. The summed E-state index contributed by atoms with van der Waals surface area (Å²) in [7, 11) is 0. The Labute approximate surface area is 142 Å². The summed E-state index contributed by atoms with van der Waals surface area (Å²) in [4.78, 5) is 4.62. The van der Waals surface area contributed by atoms with Crippen LogP contribution in [-0.4, -0.2) is 25.8 Å². The molecule has 2 heterocycles. The molecular weight excluding hydrogens is 303 g/mol. The topological polar surface area (TPSA) is 43.1 Å². The molecule has 0 aliphatic heterocycles. The van der Waals surface area contributed by atoms with Crippen molar-refractivity contribution in [2.45, 2.75) is 65.0 Å². The van der Waals surface area contributed by atoms with Crippen molar-refractivity contribution in [1.82, 2.24) is 19.6 Å². The molecular formula is C19H25FN4. The molecule has 0 radical (unpaired) electrons. The van der Waals surface area contributed by atoms with Crippen molar-refractivity contribution in [3.63, 3.8) is 0 Å². The Kier molecular flexibility index (Phi) is 5.07. The second kappa shape index (κ2) is 7.24. The standard InChI is InChI=1S/C19H25FN4/c1-4-8-14(12-15(20)9-5-2)19-23-22-18-13(3)21-16-10-6-7-11-17(16)24(18)19/h6-7,10-11,14-15H,4-5,8-9,12H2,1-3H3. The SMILES string of the molecule is CCCC(F)CC(CCC)c1nnc2c(C)nc3ccccc3n12. The van der Waals surface area contributed by atoms with E-state index in [1.54, 1.807) is 0 Å². The van der Waals surface area contributed by atoms with Gasteiger partial charge in [0.2, 0.25) is 0 Å². The molecule has 0 bridgehead atoms. The van der Waals surface area contributed by atoms with E-state index in [2.05, 4.69) is 26.5 Å². The van der Waals surface area contributed by atoms with Gasteiger partial charge >= 0.3 is 0 Å². The Morgan fingerprint density at radius 1 is 1.08 bits per heavy atom. The average Bonchev–Trinajstić information content (AvgIpc) is 3.01. The number of hydrogen-bond donors (Lipinski definition) is 0. The molecule has 0 N–H and O–H groups in total. The summed E-state index contributed by atoms with van der Waals surface area (Å²) in [5.74, 6) is 0.948. The molecule has 128 valence electrons. The summed E-state index contributed by atoms with van der Waals surface area (Å²) in [6.07, 6.45) is 3.12. The van der Waals surface area contributed by atoms with Gasteiger partial charge in [0.25, 0.3) is 0 Å². The van der Waals surface area contributed by atoms with Gasteiger partial charge < -0.3 is 0 Å². The van der Waals surface area contributed by atoms with Crippen molar-refractivity contribution < 1.29 is 4.39 Å². The minimum absolute atomic E-state index is 0.0803. The van der Waals surface area contributed by atoms with E-state index in [9.17, 15) is 4.39 Å². The van der Waals surface area contributed by atoms with Crippen molar-refractivity contribution in [2.75, 3.05) is 0 Å². The largest absolute Gasteiger partial charge is 0.276 e. The lowest BCUT2D eigenvalue weighted by Gasteiger charge is -2.18. The number of alkyl halides is 1. The van der Waals surface area contributed by atoms with Gasteiger partial charge in [0.1, 0.15) is 12.0 Å². The summed E-state index contributed by atoms with van der Waals surface area (Å²) in [6, 6.07) is 8.00. The highest BCUT2D eigenvalue weighted by Crippen LogP contribution is 2.30. The Balaban J connectivity index is 2.13. The number of rotatable bonds is 7. The highest BCUT2D eigenvalue weighted by molar-refractivity contribution is 5.78. The van der Waals surface area contributed by atoms with Crippen LogP contribution in [0.1, 0.15) is 63.4 Å². The van der Waals surface area contributed by atoms with Gasteiger partial charge in [-0.25, -0.2) is 9.37 Å². The maximum Gasteiger partial charge on any atom is 0.182 e. The van der Waals surface area contributed by atoms with Crippen LogP contribution in [0, 0.1) is 6.92 Å².